The SMILES string of the molecule is CC1CNCCC1c1c(Cl)cccc1Cl. The molecule has 0 spiro atoms. The minimum Gasteiger partial charge on any atom is -0.316 e. The number of hydrogen-bond donors (Lipinski definition) is 1. The zero-order valence-electron chi connectivity index (χ0n) is 8.76. The van der Waals surface area contributed by atoms with Gasteiger partial charge >= 0.3 is 0 Å². The van der Waals surface area contributed by atoms with E-state index in [9.17, 15) is 0 Å². The van der Waals surface area contributed by atoms with Gasteiger partial charge in [-0.05, 0) is 49.0 Å². The van der Waals surface area contributed by atoms with Crippen molar-refractivity contribution in [2.24, 2.45) is 5.92 Å². The molecule has 2 atom stereocenters. The van der Waals surface area contributed by atoms with Gasteiger partial charge in [0, 0.05) is 10.0 Å². The molecule has 0 saturated carbocycles. The molecule has 0 amide bonds. The molecule has 1 saturated heterocycles. The van der Waals surface area contributed by atoms with Crippen LogP contribution in [0.5, 0.6) is 0 Å². The third kappa shape index (κ3) is 2.30. The Morgan fingerprint density at radius 1 is 1.27 bits per heavy atom. The molecular formula is C12H15Cl2N. The monoisotopic (exact) mass is 243 g/mol. The van der Waals surface area contributed by atoms with Crippen LogP contribution in [0.1, 0.15) is 24.8 Å². The van der Waals surface area contributed by atoms with Gasteiger partial charge in [0.1, 0.15) is 0 Å². The fraction of sp³-hybridized carbons (Fsp3) is 0.500. The number of hydrogen-bond acceptors (Lipinski definition) is 1. The molecule has 1 fully saturated rings. The first-order chi connectivity index (χ1) is 7.20. The van der Waals surface area contributed by atoms with Gasteiger partial charge in [-0.2, -0.15) is 0 Å². The van der Waals surface area contributed by atoms with Crippen LogP contribution in [0.2, 0.25) is 10.0 Å². The Morgan fingerprint density at radius 2 is 1.93 bits per heavy atom. The lowest BCUT2D eigenvalue weighted by Gasteiger charge is -2.31. The largest absolute Gasteiger partial charge is 0.316 e. The van der Waals surface area contributed by atoms with E-state index in [0.717, 1.165) is 35.1 Å². The van der Waals surface area contributed by atoms with Crippen molar-refractivity contribution in [3.8, 4) is 0 Å². The molecule has 2 rings (SSSR count). The lowest BCUT2D eigenvalue weighted by atomic mass is 9.82. The highest BCUT2D eigenvalue weighted by molar-refractivity contribution is 6.36. The van der Waals surface area contributed by atoms with Crippen LogP contribution in [-0.4, -0.2) is 13.1 Å². The van der Waals surface area contributed by atoms with Crippen LogP contribution < -0.4 is 5.32 Å². The Kier molecular flexibility index (Phi) is 3.55. The van der Waals surface area contributed by atoms with E-state index >= 15 is 0 Å². The smallest absolute Gasteiger partial charge is 0.0455 e. The predicted molar refractivity (Wildman–Crippen MR) is 65.9 cm³/mol. The maximum atomic E-state index is 6.22. The molecule has 82 valence electrons. The van der Waals surface area contributed by atoms with Crippen molar-refractivity contribution in [3.05, 3.63) is 33.8 Å². The first kappa shape index (κ1) is 11.3. The molecule has 1 nitrogen and oxygen atoms in total. The zero-order valence-corrected chi connectivity index (χ0v) is 10.3. The maximum absolute atomic E-state index is 6.22. The topological polar surface area (TPSA) is 12.0 Å². The highest BCUT2D eigenvalue weighted by Crippen LogP contribution is 2.38. The second kappa shape index (κ2) is 4.73. The molecule has 1 heterocycles. The summed E-state index contributed by atoms with van der Waals surface area (Å²) in [5, 5.41) is 5.00. The molecule has 0 radical (unpaired) electrons. The van der Waals surface area contributed by atoms with Gasteiger partial charge < -0.3 is 5.32 Å². The summed E-state index contributed by atoms with van der Waals surface area (Å²) in [7, 11) is 0. The van der Waals surface area contributed by atoms with Crippen molar-refractivity contribution in [1.29, 1.82) is 0 Å². The number of nitrogens with one attached hydrogen (secondary N) is 1. The van der Waals surface area contributed by atoms with Crippen LogP contribution in [0.4, 0.5) is 0 Å². The molecule has 1 aromatic rings. The third-order valence-corrected chi connectivity index (χ3v) is 3.81. The third-order valence-electron chi connectivity index (χ3n) is 3.16. The van der Waals surface area contributed by atoms with Crippen LogP contribution >= 0.6 is 23.2 Å². The number of halogens is 2. The van der Waals surface area contributed by atoms with E-state index in [1.807, 2.05) is 18.2 Å². The van der Waals surface area contributed by atoms with Crippen LogP contribution in [0.25, 0.3) is 0 Å². The summed E-state index contributed by atoms with van der Waals surface area (Å²) in [5.41, 5.74) is 1.13. The molecule has 1 aliphatic heterocycles. The Balaban J connectivity index is 2.35. The molecule has 1 aliphatic rings. The van der Waals surface area contributed by atoms with Crippen LogP contribution in [0, 0.1) is 5.92 Å². The number of rotatable bonds is 1. The Morgan fingerprint density at radius 3 is 2.53 bits per heavy atom. The second-order valence-electron chi connectivity index (χ2n) is 4.21. The van der Waals surface area contributed by atoms with Crippen molar-refractivity contribution in [2.45, 2.75) is 19.3 Å². The van der Waals surface area contributed by atoms with E-state index in [1.165, 1.54) is 0 Å². The lowest BCUT2D eigenvalue weighted by molar-refractivity contribution is 0.350. The van der Waals surface area contributed by atoms with Gasteiger partial charge in [-0.1, -0.05) is 36.2 Å². The fourth-order valence-corrected chi connectivity index (χ4v) is 2.99. The molecule has 15 heavy (non-hydrogen) atoms. The molecule has 0 bridgehead atoms. The fourth-order valence-electron chi connectivity index (χ4n) is 2.31. The Labute approximate surface area is 101 Å². The zero-order chi connectivity index (χ0) is 10.8. The average Bonchev–Trinajstić information content (AvgIpc) is 2.20. The van der Waals surface area contributed by atoms with Gasteiger partial charge in [-0.3, -0.25) is 0 Å². The second-order valence-corrected chi connectivity index (χ2v) is 5.03. The minimum atomic E-state index is 0.493. The van der Waals surface area contributed by atoms with Crippen molar-refractivity contribution < 1.29 is 0 Å². The molecule has 0 aliphatic carbocycles. The van der Waals surface area contributed by atoms with Crippen molar-refractivity contribution in [1.82, 2.24) is 5.32 Å². The molecule has 3 heteroatoms. The quantitative estimate of drug-likeness (QED) is 0.794. The van der Waals surface area contributed by atoms with Gasteiger partial charge in [-0.15, -0.1) is 0 Å². The summed E-state index contributed by atoms with van der Waals surface area (Å²) in [4.78, 5) is 0. The summed E-state index contributed by atoms with van der Waals surface area (Å²) in [5.74, 6) is 1.09. The van der Waals surface area contributed by atoms with E-state index in [0.29, 0.717) is 11.8 Å². The summed E-state index contributed by atoms with van der Waals surface area (Å²) < 4.78 is 0. The first-order valence-electron chi connectivity index (χ1n) is 5.34. The van der Waals surface area contributed by atoms with Gasteiger partial charge in [-0.25, -0.2) is 0 Å². The number of piperidine rings is 1. The van der Waals surface area contributed by atoms with Gasteiger partial charge in [0.25, 0.3) is 0 Å². The van der Waals surface area contributed by atoms with E-state index in [1.54, 1.807) is 0 Å². The summed E-state index contributed by atoms with van der Waals surface area (Å²) in [6.07, 6.45) is 1.12. The Hall–Kier alpha value is -0.240. The maximum Gasteiger partial charge on any atom is 0.0455 e. The first-order valence-corrected chi connectivity index (χ1v) is 6.10. The Bertz CT molecular complexity index is 331. The summed E-state index contributed by atoms with van der Waals surface area (Å²) >= 11 is 12.4. The van der Waals surface area contributed by atoms with Crippen LogP contribution in [-0.2, 0) is 0 Å². The van der Waals surface area contributed by atoms with Gasteiger partial charge in [0.05, 0.1) is 0 Å². The highest BCUT2D eigenvalue weighted by atomic mass is 35.5. The summed E-state index contributed by atoms with van der Waals surface area (Å²) in [6, 6.07) is 5.76. The van der Waals surface area contributed by atoms with Crippen LogP contribution in [0.15, 0.2) is 18.2 Å². The van der Waals surface area contributed by atoms with Crippen LogP contribution in [0.3, 0.4) is 0 Å². The average molecular weight is 244 g/mol. The van der Waals surface area contributed by atoms with Crippen molar-refractivity contribution in [2.75, 3.05) is 13.1 Å². The van der Waals surface area contributed by atoms with Crippen molar-refractivity contribution >= 4 is 23.2 Å². The minimum absolute atomic E-state index is 0.493. The molecule has 1 N–H and O–H groups in total. The lowest BCUT2D eigenvalue weighted by Crippen LogP contribution is -2.34. The van der Waals surface area contributed by atoms with Gasteiger partial charge in [0.15, 0.2) is 0 Å². The van der Waals surface area contributed by atoms with E-state index < -0.39 is 0 Å². The molecular weight excluding hydrogens is 229 g/mol. The molecule has 1 aromatic carbocycles. The molecule has 0 aromatic heterocycles. The van der Waals surface area contributed by atoms with E-state index in [-0.39, 0.29) is 0 Å². The van der Waals surface area contributed by atoms with E-state index in [4.69, 9.17) is 23.2 Å². The highest BCUT2D eigenvalue weighted by Gasteiger charge is 2.26. The normalized spacial score (nSPS) is 26.6. The predicted octanol–water partition coefficient (Wildman–Crippen LogP) is 3.71. The van der Waals surface area contributed by atoms with Crippen molar-refractivity contribution in [3.63, 3.8) is 0 Å². The number of benzene rings is 1. The van der Waals surface area contributed by atoms with Gasteiger partial charge in [0.2, 0.25) is 0 Å². The van der Waals surface area contributed by atoms with E-state index in [2.05, 4.69) is 12.2 Å². The standard InChI is InChI=1S/C12H15Cl2N/c1-8-7-15-6-5-9(8)12-10(13)3-2-4-11(12)14/h2-4,8-9,15H,5-7H2,1H3. The summed E-state index contributed by atoms with van der Waals surface area (Å²) in [6.45, 7) is 4.35. The molecule has 2 unspecified atom stereocenters.